The fourth-order valence-corrected chi connectivity index (χ4v) is 3.23. The quantitative estimate of drug-likeness (QED) is 0.795. The van der Waals surface area contributed by atoms with E-state index in [1.807, 2.05) is 0 Å². The van der Waals surface area contributed by atoms with Crippen molar-refractivity contribution in [2.45, 2.75) is 37.3 Å². The second-order valence-corrected chi connectivity index (χ2v) is 5.41. The van der Waals surface area contributed by atoms with Gasteiger partial charge in [-0.25, -0.2) is 0 Å². The first-order valence-electron chi connectivity index (χ1n) is 6.91. The molecule has 2 unspecified atom stereocenters. The van der Waals surface area contributed by atoms with Gasteiger partial charge in [-0.3, -0.25) is 0 Å². The van der Waals surface area contributed by atoms with Crippen LogP contribution in [0.2, 0.25) is 0 Å². The van der Waals surface area contributed by atoms with Gasteiger partial charge in [0.05, 0.1) is 11.6 Å². The number of nitrogens with one attached hydrogen (secondary N) is 1. The molecule has 2 aliphatic heterocycles. The lowest BCUT2D eigenvalue weighted by Crippen LogP contribution is -2.47. The molecular formula is C15H21NO2. The molecule has 2 atom stereocenters. The van der Waals surface area contributed by atoms with E-state index in [-0.39, 0.29) is 6.04 Å². The van der Waals surface area contributed by atoms with Crippen LogP contribution in [0.25, 0.3) is 0 Å². The van der Waals surface area contributed by atoms with E-state index in [0.29, 0.717) is 6.61 Å². The highest BCUT2D eigenvalue weighted by Crippen LogP contribution is 2.37. The maximum Gasteiger partial charge on any atom is 0.0864 e. The fraction of sp³-hybridized carbons (Fsp3) is 0.600. The van der Waals surface area contributed by atoms with Crippen molar-refractivity contribution in [1.29, 1.82) is 0 Å². The predicted molar refractivity (Wildman–Crippen MR) is 70.5 cm³/mol. The molecule has 0 bridgehead atoms. The summed E-state index contributed by atoms with van der Waals surface area (Å²) in [5, 5.41) is 14.5. The van der Waals surface area contributed by atoms with Crippen molar-refractivity contribution >= 4 is 0 Å². The molecule has 0 amide bonds. The molecule has 0 saturated carbocycles. The van der Waals surface area contributed by atoms with Crippen LogP contribution in [0.3, 0.4) is 0 Å². The Morgan fingerprint density at radius 1 is 1.22 bits per heavy atom. The molecule has 2 heterocycles. The van der Waals surface area contributed by atoms with E-state index >= 15 is 0 Å². The Balaban J connectivity index is 1.92. The highest BCUT2D eigenvalue weighted by Gasteiger charge is 2.39. The van der Waals surface area contributed by atoms with Crippen LogP contribution in [-0.4, -0.2) is 30.5 Å². The molecule has 3 heteroatoms. The second kappa shape index (κ2) is 5.00. The van der Waals surface area contributed by atoms with Gasteiger partial charge in [-0.15, -0.1) is 0 Å². The van der Waals surface area contributed by atoms with Crippen molar-refractivity contribution in [3.05, 3.63) is 35.4 Å². The molecular weight excluding hydrogens is 226 g/mol. The third kappa shape index (κ3) is 2.18. The number of ether oxygens (including phenoxy) is 1. The van der Waals surface area contributed by atoms with Gasteiger partial charge < -0.3 is 15.2 Å². The first-order valence-corrected chi connectivity index (χ1v) is 6.91. The highest BCUT2D eigenvalue weighted by molar-refractivity contribution is 5.34. The van der Waals surface area contributed by atoms with Gasteiger partial charge in [-0.05, 0) is 36.9 Å². The third-order valence-electron chi connectivity index (χ3n) is 4.22. The third-order valence-corrected chi connectivity index (χ3v) is 4.22. The van der Waals surface area contributed by atoms with E-state index in [1.165, 1.54) is 11.1 Å². The van der Waals surface area contributed by atoms with E-state index in [1.54, 1.807) is 0 Å². The van der Waals surface area contributed by atoms with Gasteiger partial charge >= 0.3 is 0 Å². The van der Waals surface area contributed by atoms with E-state index < -0.39 is 5.60 Å². The lowest BCUT2D eigenvalue weighted by Gasteiger charge is -2.39. The largest absolute Gasteiger partial charge is 0.388 e. The van der Waals surface area contributed by atoms with Crippen molar-refractivity contribution < 1.29 is 9.84 Å². The van der Waals surface area contributed by atoms with Crippen molar-refractivity contribution in [2.75, 3.05) is 19.8 Å². The summed E-state index contributed by atoms with van der Waals surface area (Å²) in [6.07, 6.45) is 3.54. The zero-order valence-electron chi connectivity index (χ0n) is 10.7. The van der Waals surface area contributed by atoms with E-state index in [9.17, 15) is 5.11 Å². The Labute approximate surface area is 108 Å². The minimum absolute atomic E-state index is 0.0594. The molecule has 2 N–H and O–H groups in total. The molecule has 0 spiro atoms. The van der Waals surface area contributed by atoms with Crippen LogP contribution in [0.5, 0.6) is 0 Å². The number of aliphatic hydroxyl groups is 1. The minimum Gasteiger partial charge on any atom is -0.388 e. The normalized spacial score (nSPS) is 32.6. The van der Waals surface area contributed by atoms with Gasteiger partial charge in [0.15, 0.2) is 0 Å². The molecule has 3 rings (SSSR count). The van der Waals surface area contributed by atoms with Gasteiger partial charge in [-0.1, -0.05) is 24.3 Å². The van der Waals surface area contributed by atoms with Crippen molar-refractivity contribution in [2.24, 2.45) is 0 Å². The summed E-state index contributed by atoms with van der Waals surface area (Å²) >= 11 is 0. The molecule has 0 aromatic heterocycles. The topological polar surface area (TPSA) is 41.5 Å². The van der Waals surface area contributed by atoms with Crippen molar-refractivity contribution in [1.82, 2.24) is 5.32 Å². The molecule has 3 nitrogen and oxygen atoms in total. The first kappa shape index (κ1) is 12.2. The summed E-state index contributed by atoms with van der Waals surface area (Å²) in [6.45, 7) is 2.39. The number of hydrogen-bond donors (Lipinski definition) is 2. The average molecular weight is 247 g/mol. The van der Waals surface area contributed by atoms with Crippen LogP contribution in [-0.2, 0) is 11.2 Å². The Morgan fingerprint density at radius 3 is 3.06 bits per heavy atom. The van der Waals surface area contributed by atoms with E-state index in [0.717, 1.165) is 38.8 Å². The molecule has 1 saturated heterocycles. The Bertz CT molecular complexity index is 411. The first-order chi connectivity index (χ1) is 8.80. The molecule has 98 valence electrons. The van der Waals surface area contributed by atoms with Crippen LogP contribution in [0.15, 0.2) is 24.3 Å². The zero-order valence-corrected chi connectivity index (χ0v) is 10.7. The predicted octanol–water partition coefficient (Wildman–Crippen LogP) is 1.80. The van der Waals surface area contributed by atoms with Gasteiger partial charge in [0, 0.05) is 19.6 Å². The van der Waals surface area contributed by atoms with Gasteiger partial charge in [-0.2, -0.15) is 0 Å². The smallest absolute Gasteiger partial charge is 0.0864 e. The fourth-order valence-electron chi connectivity index (χ4n) is 3.23. The zero-order chi connectivity index (χ0) is 12.4. The van der Waals surface area contributed by atoms with Crippen molar-refractivity contribution in [3.8, 4) is 0 Å². The molecule has 0 aliphatic carbocycles. The molecule has 1 aromatic rings. The highest BCUT2D eigenvalue weighted by atomic mass is 16.5. The average Bonchev–Trinajstić information content (AvgIpc) is 2.64. The lowest BCUT2D eigenvalue weighted by atomic mass is 9.79. The molecule has 1 aromatic carbocycles. The maximum absolute atomic E-state index is 11.0. The summed E-state index contributed by atoms with van der Waals surface area (Å²) < 4.78 is 5.48. The Morgan fingerprint density at radius 2 is 2.11 bits per heavy atom. The lowest BCUT2D eigenvalue weighted by molar-refractivity contribution is -0.0194. The molecule has 2 aliphatic rings. The summed E-state index contributed by atoms with van der Waals surface area (Å²) in [7, 11) is 0. The molecule has 0 radical (unpaired) electrons. The summed E-state index contributed by atoms with van der Waals surface area (Å²) in [5.41, 5.74) is 1.99. The molecule has 1 fully saturated rings. The number of benzene rings is 1. The maximum atomic E-state index is 11.0. The van der Waals surface area contributed by atoms with Crippen molar-refractivity contribution in [3.63, 3.8) is 0 Å². The minimum atomic E-state index is -0.660. The van der Waals surface area contributed by atoms with E-state index in [2.05, 4.69) is 29.6 Å². The number of rotatable bonds is 1. The van der Waals surface area contributed by atoms with Crippen LogP contribution >= 0.6 is 0 Å². The number of fused-ring (bicyclic) bond motifs is 1. The van der Waals surface area contributed by atoms with Crippen LogP contribution in [0.1, 0.15) is 36.4 Å². The summed E-state index contributed by atoms with van der Waals surface area (Å²) in [6, 6.07) is 8.54. The summed E-state index contributed by atoms with van der Waals surface area (Å²) in [4.78, 5) is 0. The summed E-state index contributed by atoms with van der Waals surface area (Å²) in [5.74, 6) is 0. The monoisotopic (exact) mass is 247 g/mol. The Hall–Kier alpha value is -0.900. The van der Waals surface area contributed by atoms with Gasteiger partial charge in [0.2, 0.25) is 0 Å². The van der Waals surface area contributed by atoms with Gasteiger partial charge in [0.25, 0.3) is 0 Å². The second-order valence-electron chi connectivity index (χ2n) is 5.41. The van der Waals surface area contributed by atoms with Crippen LogP contribution < -0.4 is 5.32 Å². The Kier molecular flexibility index (Phi) is 3.37. The van der Waals surface area contributed by atoms with Crippen LogP contribution in [0, 0.1) is 0 Å². The molecule has 18 heavy (non-hydrogen) atoms. The number of hydrogen-bond acceptors (Lipinski definition) is 3. The van der Waals surface area contributed by atoms with Gasteiger partial charge in [0.1, 0.15) is 0 Å². The standard InChI is InChI=1S/C15H21NO2/c17-15(7-3-10-18-11-8-15)14-13-5-2-1-4-12(13)6-9-16-14/h1-2,4-5,14,16-17H,3,6-11H2. The van der Waals surface area contributed by atoms with E-state index in [4.69, 9.17) is 4.74 Å². The SMILES string of the molecule is OC1(C2NCCc3ccccc32)CCCOCC1. The van der Waals surface area contributed by atoms with Crippen LogP contribution in [0.4, 0.5) is 0 Å².